The van der Waals surface area contributed by atoms with Crippen molar-refractivity contribution >= 4 is 69.6 Å². The number of nitrogens with zero attached hydrogens (tertiary/aromatic N) is 2. The van der Waals surface area contributed by atoms with Crippen LogP contribution in [0.3, 0.4) is 0 Å². The van der Waals surface area contributed by atoms with Gasteiger partial charge in [-0.3, -0.25) is 18.5 Å². The molecule has 2 aliphatic heterocycles. The molecule has 0 spiro atoms. The van der Waals surface area contributed by atoms with E-state index in [0.717, 1.165) is 0 Å². The van der Waals surface area contributed by atoms with Gasteiger partial charge in [0, 0.05) is 67.0 Å². The van der Waals surface area contributed by atoms with E-state index in [-0.39, 0.29) is 76.1 Å². The highest BCUT2D eigenvalue weighted by Gasteiger charge is 2.45. The summed E-state index contributed by atoms with van der Waals surface area (Å²) in [4.78, 5) is 25.4. The first-order valence-corrected chi connectivity index (χ1v) is 28.2. The third-order valence-corrected chi connectivity index (χ3v) is 15.0. The van der Waals surface area contributed by atoms with E-state index in [1.807, 2.05) is 20.8 Å². The molecular formula is C44H62N4O17S4. The molecule has 2 heterocycles. The van der Waals surface area contributed by atoms with Gasteiger partial charge in [0.05, 0.1) is 46.5 Å². The molecule has 69 heavy (non-hydrogen) atoms. The van der Waals surface area contributed by atoms with Gasteiger partial charge in [0.15, 0.2) is 5.71 Å². The number of amides is 2. The zero-order valence-corrected chi connectivity index (χ0v) is 42.0. The molecule has 384 valence electrons. The first kappa shape index (κ1) is 57.0. The smallest absolute Gasteiger partial charge is 0.407 e. The number of unbranched alkanes of at least 4 members (excludes halogenated alkanes) is 2. The summed E-state index contributed by atoms with van der Waals surface area (Å²) in [5, 5.41) is 14.1. The summed E-state index contributed by atoms with van der Waals surface area (Å²) in [5.74, 6) is -1.29. The van der Waals surface area contributed by atoms with E-state index in [2.05, 4.69) is 10.6 Å². The molecule has 2 aromatic carbocycles. The van der Waals surface area contributed by atoms with Gasteiger partial charge in [-0.15, -0.1) is 0 Å². The number of nitrogens with one attached hydrogen (secondary N) is 2. The van der Waals surface area contributed by atoms with Crippen LogP contribution in [0.1, 0.15) is 83.3 Å². The van der Waals surface area contributed by atoms with Gasteiger partial charge in [-0.05, 0) is 88.4 Å². The fraction of sp³-hybridized carbons (Fsp3) is 0.523. The van der Waals surface area contributed by atoms with Crippen molar-refractivity contribution in [2.75, 3.05) is 69.0 Å². The maximum atomic E-state index is 12.6. The molecule has 2 amide bonds. The number of allylic oxidation sites excluding steroid dienone is 6. The molecular weight excluding hydrogens is 985 g/mol. The molecule has 0 aliphatic carbocycles. The van der Waals surface area contributed by atoms with E-state index >= 15 is 0 Å². The normalized spacial score (nSPS) is 17.8. The number of carbonyl (C=O) groups excluding carboxylic acids is 2. The van der Waals surface area contributed by atoms with Gasteiger partial charge < -0.3 is 34.7 Å². The molecule has 0 bridgehead atoms. The van der Waals surface area contributed by atoms with Crippen LogP contribution < -0.4 is 15.5 Å². The summed E-state index contributed by atoms with van der Waals surface area (Å²) in [6, 6.07) is 8.06. The summed E-state index contributed by atoms with van der Waals surface area (Å²) in [6.07, 6.45) is 10.6. The Balaban J connectivity index is 1.56. The summed E-state index contributed by atoms with van der Waals surface area (Å²) < 4.78 is 148. The van der Waals surface area contributed by atoms with Gasteiger partial charge in [-0.2, -0.15) is 29.8 Å². The Morgan fingerprint density at radius 1 is 0.768 bits per heavy atom. The lowest BCUT2D eigenvalue weighted by atomic mass is 9.77. The Morgan fingerprint density at radius 3 is 2.10 bits per heavy atom. The maximum absolute atomic E-state index is 12.6. The van der Waals surface area contributed by atoms with Gasteiger partial charge in [0.2, 0.25) is 11.6 Å². The highest BCUT2D eigenvalue weighted by Crippen LogP contribution is 2.51. The molecule has 6 N–H and O–H groups in total. The highest BCUT2D eigenvalue weighted by atomic mass is 32.2. The van der Waals surface area contributed by atoms with Crippen LogP contribution in [-0.4, -0.2) is 143 Å². The first-order valence-electron chi connectivity index (χ1n) is 22.2. The van der Waals surface area contributed by atoms with Crippen molar-refractivity contribution < 1.29 is 80.6 Å². The molecule has 0 fully saturated rings. The lowest BCUT2D eigenvalue weighted by Gasteiger charge is -2.30. The lowest BCUT2D eigenvalue weighted by Crippen LogP contribution is -2.30. The third kappa shape index (κ3) is 16.8. The first-order chi connectivity index (χ1) is 32.2. The number of alkyl carbamates (subject to hydrolysis) is 1. The molecule has 0 radical (unpaired) electrons. The second kappa shape index (κ2) is 24.5. The predicted molar refractivity (Wildman–Crippen MR) is 255 cm³/mol. The van der Waals surface area contributed by atoms with E-state index in [4.69, 9.17) is 14.6 Å². The van der Waals surface area contributed by atoms with Gasteiger partial charge in [-0.1, -0.05) is 31.1 Å². The molecule has 2 aliphatic rings. The van der Waals surface area contributed by atoms with Crippen molar-refractivity contribution in [1.29, 1.82) is 0 Å². The minimum absolute atomic E-state index is 0.0194. The molecule has 0 saturated heterocycles. The Bertz CT molecular complexity index is 2750. The molecule has 0 saturated carbocycles. The van der Waals surface area contributed by atoms with Crippen LogP contribution in [-0.2, 0) is 65.6 Å². The molecule has 4 rings (SSSR count). The maximum Gasteiger partial charge on any atom is 0.407 e. The van der Waals surface area contributed by atoms with Gasteiger partial charge in [0.1, 0.15) is 23.3 Å². The van der Waals surface area contributed by atoms with E-state index < -0.39 is 73.8 Å². The molecule has 25 heteroatoms. The number of anilines is 1. The number of carbonyl (C=O) groups is 2. The van der Waals surface area contributed by atoms with Crippen molar-refractivity contribution in [2.24, 2.45) is 0 Å². The van der Waals surface area contributed by atoms with Crippen LogP contribution in [0.5, 0.6) is 0 Å². The number of aliphatic hydroxyl groups excluding tert-OH is 1. The van der Waals surface area contributed by atoms with Crippen molar-refractivity contribution in [2.45, 2.75) is 92.8 Å². The predicted octanol–water partition coefficient (Wildman–Crippen LogP) is 3.74. The number of hydrogen-bond acceptors (Lipinski definition) is 15. The Hall–Kier alpha value is -4.57. The quantitative estimate of drug-likeness (QED) is 0.0306. The Kier molecular flexibility index (Phi) is 20.3. The molecule has 21 nitrogen and oxygen atoms in total. The van der Waals surface area contributed by atoms with Crippen molar-refractivity contribution in [3.8, 4) is 0 Å². The van der Waals surface area contributed by atoms with E-state index in [0.29, 0.717) is 72.6 Å². The Morgan fingerprint density at radius 2 is 1.43 bits per heavy atom. The number of aliphatic hydroxyl groups is 1. The number of ether oxygens (including phenoxy) is 2. The minimum atomic E-state index is -4.89. The topological polar surface area (TPSA) is 323 Å². The standard InChI is InChI=1S/C44H62N4O17S4/c1-43(2)35-31-33(68(58,59)60)16-18-37(35)47(23-11-29-66(52,53)54)39(43)13-6-4-7-14-40-44(3,36-32-34(69(61,62)63)17-19-38(36)48(40)24-12-30-67(55,56)57)20-9-5-8-15-41(50)45-21-10-22-46-42(51)65-28-27-64-26-25-49/h4,6-7,13-14,16-19,31-32,49H,5,8-12,15,20-30H2,1-3H3,(H5-,45,46,50,51,52,53,54,55,56,57,58,59,60,61,62,63). The molecule has 1 atom stereocenters. The minimum Gasteiger partial charge on any atom is -0.744 e. The largest absolute Gasteiger partial charge is 0.744 e. The SMILES string of the molecule is CC1(C)C(/C=C/C=C/C=C2/N(CCCS(=O)(=O)O)c3ccc(S(=O)(=O)[O-])cc3C2(C)CCCCCC(=O)NCCCNC(=O)OCCOCCO)=[N+](CCCS(=O)(=O)O)c2ccc(S(=O)(=O)O)cc21. The Labute approximate surface area is 404 Å². The monoisotopic (exact) mass is 1050 g/mol. The van der Waals surface area contributed by atoms with Crippen LogP contribution in [0.25, 0.3) is 0 Å². The second-order valence-electron chi connectivity index (χ2n) is 17.2. The number of fused-ring (bicyclic) bond motifs is 2. The molecule has 0 aromatic heterocycles. The van der Waals surface area contributed by atoms with Crippen LogP contribution in [0, 0.1) is 0 Å². The van der Waals surface area contributed by atoms with E-state index in [9.17, 15) is 61.5 Å². The van der Waals surface area contributed by atoms with Gasteiger partial charge in [-0.25, -0.2) is 13.2 Å². The van der Waals surface area contributed by atoms with Crippen molar-refractivity contribution in [3.63, 3.8) is 0 Å². The van der Waals surface area contributed by atoms with Crippen molar-refractivity contribution in [1.82, 2.24) is 10.6 Å². The summed E-state index contributed by atoms with van der Waals surface area (Å²) in [6.45, 7) is 6.46. The fourth-order valence-electron chi connectivity index (χ4n) is 8.36. The molecule has 1 unspecified atom stereocenters. The van der Waals surface area contributed by atoms with Crippen LogP contribution in [0.2, 0.25) is 0 Å². The van der Waals surface area contributed by atoms with Gasteiger partial charge >= 0.3 is 6.09 Å². The number of hydrogen-bond donors (Lipinski definition) is 6. The average Bonchev–Trinajstić information content (AvgIpc) is 3.60. The summed E-state index contributed by atoms with van der Waals surface area (Å²) in [5.41, 5.74) is 1.57. The molecule has 2 aromatic rings. The van der Waals surface area contributed by atoms with Crippen LogP contribution in [0.15, 0.2) is 82.3 Å². The number of rotatable bonds is 28. The van der Waals surface area contributed by atoms with E-state index in [1.54, 1.807) is 39.9 Å². The van der Waals surface area contributed by atoms with E-state index in [1.165, 1.54) is 36.4 Å². The fourth-order valence-corrected chi connectivity index (χ4v) is 10.4. The van der Waals surface area contributed by atoms with Crippen LogP contribution in [0.4, 0.5) is 16.2 Å². The lowest BCUT2D eigenvalue weighted by molar-refractivity contribution is -0.437. The highest BCUT2D eigenvalue weighted by molar-refractivity contribution is 7.86. The van der Waals surface area contributed by atoms with Crippen molar-refractivity contribution in [3.05, 3.63) is 83.6 Å². The zero-order chi connectivity index (χ0) is 51.3. The van der Waals surface area contributed by atoms with Gasteiger partial charge in [0.25, 0.3) is 30.4 Å². The second-order valence-corrected chi connectivity index (χ2v) is 23.1. The van der Waals surface area contributed by atoms with Crippen LogP contribution >= 0.6 is 0 Å². The number of benzene rings is 2. The summed E-state index contributed by atoms with van der Waals surface area (Å²) >= 11 is 0. The zero-order valence-electron chi connectivity index (χ0n) is 38.7. The summed E-state index contributed by atoms with van der Waals surface area (Å²) in [7, 11) is -18.1. The average molecular weight is 1050 g/mol. The third-order valence-electron chi connectivity index (χ3n) is 11.7.